The van der Waals surface area contributed by atoms with Crippen LogP contribution in [0.3, 0.4) is 0 Å². The molecule has 0 nitrogen and oxygen atoms in total. The van der Waals surface area contributed by atoms with Crippen LogP contribution in [0.5, 0.6) is 0 Å². The number of allylic oxidation sites excluding steroid dienone is 12. The maximum atomic E-state index is 15.2. The standard InChI is InChI=1S/C45H59F3/c1-8-10-26-44(27-11-9-2)36(23-25-37-32(6)21-22-34-16-12-14-18-39(34)43(37)45(46,47)48)29-41(30(3)4)33(7)38-24-20-31(5)28-35-17-13-15-19-40(35)42(38)44/h12-19,22-25,28,30-33,39,41,43H,8-11,20-21,26-27,29H2,1-7H3/b35-28-,36-23-,37-25+,38-24?,42-40?/t31?,32?,33?,39?,41-,43?/m0/s1. The predicted molar refractivity (Wildman–Crippen MR) is 198 cm³/mol. The van der Waals surface area contributed by atoms with E-state index in [0.29, 0.717) is 35.7 Å². The van der Waals surface area contributed by atoms with Gasteiger partial charge >= 0.3 is 6.18 Å². The molecule has 0 aromatic heterocycles. The van der Waals surface area contributed by atoms with Crippen molar-refractivity contribution in [2.24, 2.45) is 46.8 Å². The molecule has 1 saturated carbocycles. The number of fused-ring (bicyclic) bond motifs is 3. The number of hydrogen-bond donors (Lipinski definition) is 0. The highest BCUT2D eigenvalue weighted by atomic mass is 19.4. The van der Waals surface area contributed by atoms with Crippen molar-refractivity contribution in [3.63, 3.8) is 0 Å². The molecule has 4 aliphatic carbocycles. The van der Waals surface area contributed by atoms with Gasteiger partial charge in [0.25, 0.3) is 0 Å². The lowest BCUT2D eigenvalue weighted by Crippen LogP contribution is -2.37. The molecule has 1 fully saturated rings. The zero-order valence-electron chi connectivity index (χ0n) is 30.5. The Bertz CT molecular complexity index is 1600. The van der Waals surface area contributed by atoms with E-state index >= 15 is 13.2 Å². The fourth-order valence-corrected chi connectivity index (χ4v) is 9.37. The SMILES string of the molecule is CCCCC1(CCCC)C2=c3cccc/c3=C/C(C)CC=C2C(C)[C@H](C(C)C)C/C1=C/C=C1\C(C)CC=C2C=CC=CC2C1C(F)(F)F. The zero-order valence-corrected chi connectivity index (χ0v) is 30.5. The van der Waals surface area contributed by atoms with Gasteiger partial charge in [-0.05, 0) is 88.9 Å². The number of alkyl halides is 3. The molecule has 0 saturated heterocycles. The maximum absolute atomic E-state index is 15.2. The normalized spacial score (nSPS) is 31.1. The van der Waals surface area contributed by atoms with Gasteiger partial charge in [0.1, 0.15) is 0 Å². The Morgan fingerprint density at radius 2 is 1.62 bits per heavy atom. The lowest BCUT2D eigenvalue weighted by molar-refractivity contribution is -0.171. The molecule has 3 heteroatoms. The van der Waals surface area contributed by atoms with E-state index in [0.717, 1.165) is 56.9 Å². The van der Waals surface area contributed by atoms with Gasteiger partial charge in [-0.2, -0.15) is 13.2 Å². The van der Waals surface area contributed by atoms with Crippen LogP contribution in [-0.4, -0.2) is 6.18 Å². The fraction of sp³-hybridized carbons (Fsp3) is 0.556. The van der Waals surface area contributed by atoms with Crippen LogP contribution in [0, 0.1) is 46.8 Å². The second kappa shape index (κ2) is 15.4. The molecule has 0 bridgehead atoms. The monoisotopic (exact) mass is 656 g/mol. The van der Waals surface area contributed by atoms with Crippen molar-refractivity contribution in [2.45, 2.75) is 112 Å². The van der Waals surface area contributed by atoms with Crippen molar-refractivity contribution in [3.8, 4) is 0 Å². The number of unbranched alkanes of at least 4 members (excludes halogenated alkanes) is 2. The van der Waals surface area contributed by atoms with Crippen molar-refractivity contribution in [3.05, 3.63) is 106 Å². The lowest BCUT2D eigenvalue weighted by atomic mass is 9.63. The Kier molecular flexibility index (Phi) is 11.7. The lowest BCUT2D eigenvalue weighted by Gasteiger charge is -2.40. The molecule has 48 heavy (non-hydrogen) atoms. The summed E-state index contributed by atoms with van der Waals surface area (Å²) in [5, 5.41) is 2.64. The number of hydrogen-bond acceptors (Lipinski definition) is 0. The molecule has 0 heterocycles. The molecule has 0 amide bonds. The maximum Gasteiger partial charge on any atom is 0.396 e. The summed E-state index contributed by atoms with van der Waals surface area (Å²) in [5.74, 6) is -0.755. The molecule has 0 radical (unpaired) electrons. The second-order valence-electron chi connectivity index (χ2n) is 15.7. The second-order valence-corrected chi connectivity index (χ2v) is 15.7. The molecule has 0 spiro atoms. The fourth-order valence-electron chi connectivity index (χ4n) is 9.37. The zero-order chi connectivity index (χ0) is 34.6. The summed E-state index contributed by atoms with van der Waals surface area (Å²) in [4.78, 5) is 0. The van der Waals surface area contributed by atoms with Gasteiger partial charge in [-0.1, -0.05) is 164 Å². The van der Waals surface area contributed by atoms with Crippen LogP contribution < -0.4 is 10.4 Å². The van der Waals surface area contributed by atoms with E-state index in [2.05, 4.69) is 84.0 Å². The first-order valence-electron chi connectivity index (χ1n) is 19.0. The summed E-state index contributed by atoms with van der Waals surface area (Å²) in [6.07, 6.45) is 23.2. The minimum absolute atomic E-state index is 0.194. The average Bonchev–Trinajstić information content (AvgIpc) is 3.24. The molecule has 260 valence electrons. The first-order chi connectivity index (χ1) is 22.9. The van der Waals surface area contributed by atoms with Gasteiger partial charge in [0.2, 0.25) is 0 Å². The van der Waals surface area contributed by atoms with Gasteiger partial charge in [0.05, 0.1) is 5.92 Å². The number of halogens is 3. The highest BCUT2D eigenvalue weighted by Gasteiger charge is 2.49. The Morgan fingerprint density at radius 3 is 2.29 bits per heavy atom. The van der Waals surface area contributed by atoms with E-state index < -0.39 is 18.0 Å². The molecular weight excluding hydrogens is 597 g/mol. The third-order valence-electron chi connectivity index (χ3n) is 12.1. The third kappa shape index (κ3) is 7.36. The minimum atomic E-state index is -4.34. The van der Waals surface area contributed by atoms with Crippen LogP contribution in [0.15, 0.2) is 95.2 Å². The Balaban J connectivity index is 1.86. The van der Waals surface area contributed by atoms with Crippen LogP contribution in [0.25, 0.3) is 11.6 Å². The highest BCUT2D eigenvalue weighted by molar-refractivity contribution is 5.75. The third-order valence-corrected chi connectivity index (χ3v) is 12.1. The van der Waals surface area contributed by atoms with E-state index in [-0.39, 0.29) is 11.3 Å². The predicted octanol–water partition coefficient (Wildman–Crippen LogP) is 12.0. The van der Waals surface area contributed by atoms with Gasteiger partial charge in [-0.3, -0.25) is 0 Å². The van der Waals surface area contributed by atoms with Crippen molar-refractivity contribution in [2.75, 3.05) is 0 Å². The quantitative estimate of drug-likeness (QED) is 0.261. The van der Waals surface area contributed by atoms with Gasteiger partial charge in [0, 0.05) is 11.3 Å². The molecule has 5 unspecified atom stereocenters. The molecular formula is C45H59F3. The summed E-state index contributed by atoms with van der Waals surface area (Å²) in [7, 11) is 0. The first kappa shape index (κ1) is 36.5. The van der Waals surface area contributed by atoms with E-state index in [9.17, 15) is 0 Å². The van der Waals surface area contributed by atoms with Crippen LogP contribution in [0.2, 0.25) is 0 Å². The van der Waals surface area contributed by atoms with E-state index in [1.54, 1.807) is 12.2 Å². The first-order valence-corrected chi connectivity index (χ1v) is 19.0. The minimum Gasteiger partial charge on any atom is -0.170 e. The average molecular weight is 657 g/mol. The summed E-state index contributed by atoms with van der Waals surface area (Å²) in [6.45, 7) is 16.0. The van der Waals surface area contributed by atoms with Crippen LogP contribution in [-0.2, 0) is 0 Å². The van der Waals surface area contributed by atoms with E-state index in [4.69, 9.17) is 0 Å². The van der Waals surface area contributed by atoms with Crippen molar-refractivity contribution >= 4 is 11.6 Å². The summed E-state index contributed by atoms with van der Waals surface area (Å²) in [6, 6.07) is 8.96. The smallest absolute Gasteiger partial charge is 0.170 e. The highest BCUT2D eigenvalue weighted by Crippen LogP contribution is 2.57. The molecule has 6 atom stereocenters. The van der Waals surface area contributed by atoms with Crippen molar-refractivity contribution < 1.29 is 13.2 Å². The van der Waals surface area contributed by atoms with Gasteiger partial charge < -0.3 is 0 Å². The Morgan fingerprint density at radius 1 is 0.917 bits per heavy atom. The molecule has 0 N–H and O–H groups in total. The molecule has 4 aliphatic rings. The molecule has 1 aromatic carbocycles. The van der Waals surface area contributed by atoms with Gasteiger partial charge in [-0.25, -0.2) is 0 Å². The van der Waals surface area contributed by atoms with E-state index in [1.165, 1.54) is 27.2 Å². The van der Waals surface area contributed by atoms with Crippen molar-refractivity contribution in [1.82, 2.24) is 0 Å². The van der Waals surface area contributed by atoms with Gasteiger partial charge in [0.15, 0.2) is 0 Å². The largest absolute Gasteiger partial charge is 0.396 e. The Labute approximate surface area is 289 Å². The van der Waals surface area contributed by atoms with Gasteiger partial charge in [-0.15, -0.1) is 0 Å². The van der Waals surface area contributed by atoms with Crippen LogP contribution in [0.1, 0.15) is 106 Å². The summed E-state index contributed by atoms with van der Waals surface area (Å²) in [5.41, 5.74) is 5.41. The molecule has 5 rings (SSSR count). The summed E-state index contributed by atoms with van der Waals surface area (Å²) >= 11 is 0. The van der Waals surface area contributed by atoms with Crippen LogP contribution in [0.4, 0.5) is 13.2 Å². The van der Waals surface area contributed by atoms with Crippen molar-refractivity contribution in [1.29, 1.82) is 0 Å². The topological polar surface area (TPSA) is 0 Å². The number of rotatable bonds is 8. The summed E-state index contributed by atoms with van der Waals surface area (Å²) < 4.78 is 45.6. The molecule has 1 aromatic rings. The van der Waals surface area contributed by atoms with Crippen LogP contribution >= 0.6 is 0 Å². The molecule has 0 aliphatic heterocycles. The number of benzene rings is 1. The Hall–Kier alpha value is -2.81. The van der Waals surface area contributed by atoms with E-state index in [1.807, 2.05) is 31.2 Å².